The third-order valence-corrected chi connectivity index (χ3v) is 14.3. The van der Waals surface area contributed by atoms with Crippen LogP contribution in [-0.4, -0.2) is 0 Å². The maximum Gasteiger partial charge on any atom is 0.159 e. The molecule has 65 heavy (non-hydrogen) atoms. The number of furan rings is 1. The van der Waals surface area contributed by atoms with Gasteiger partial charge in [0.1, 0.15) is 5.58 Å². The molecule has 2 heterocycles. The Morgan fingerprint density at radius 1 is 0.308 bits per heavy atom. The molecule has 0 radical (unpaired) electrons. The molecule has 11 aromatic carbocycles. The van der Waals surface area contributed by atoms with Gasteiger partial charge in [0.15, 0.2) is 5.58 Å². The van der Waals surface area contributed by atoms with Crippen LogP contribution in [0.3, 0.4) is 0 Å². The third kappa shape index (κ3) is 6.16. The first-order valence-electron chi connectivity index (χ1n) is 22.2. The lowest BCUT2D eigenvalue weighted by molar-refractivity contribution is 0.670. The number of thiophene rings is 1. The quantitative estimate of drug-likeness (QED) is 0.159. The van der Waals surface area contributed by atoms with E-state index in [-0.39, 0.29) is 0 Å². The van der Waals surface area contributed by atoms with Gasteiger partial charge >= 0.3 is 0 Å². The lowest BCUT2D eigenvalue weighted by Crippen LogP contribution is -2.10. The van der Waals surface area contributed by atoms with Crippen molar-refractivity contribution in [1.29, 1.82) is 0 Å². The Morgan fingerprint density at radius 3 is 1.45 bits per heavy atom. The summed E-state index contributed by atoms with van der Waals surface area (Å²) >= 11 is 1.90. The number of fused-ring (bicyclic) bond motifs is 10. The van der Waals surface area contributed by atoms with Gasteiger partial charge in [-0.3, -0.25) is 0 Å². The van der Waals surface area contributed by atoms with E-state index < -0.39 is 0 Å². The molecule has 0 saturated heterocycles. The summed E-state index contributed by atoms with van der Waals surface area (Å²) in [4.78, 5) is 2.35. The summed E-state index contributed by atoms with van der Waals surface area (Å²) in [6.07, 6.45) is 0. The fourth-order valence-electron chi connectivity index (χ4n) is 10.00. The van der Waals surface area contributed by atoms with E-state index in [2.05, 4.69) is 241 Å². The molecule has 0 fully saturated rings. The van der Waals surface area contributed by atoms with Gasteiger partial charge < -0.3 is 9.32 Å². The lowest BCUT2D eigenvalue weighted by atomic mass is 9.95. The minimum atomic E-state index is 0.851. The fourth-order valence-corrected chi connectivity index (χ4v) is 11.4. The molecular weight excluding hydrogens is 807 g/mol. The normalized spacial score (nSPS) is 11.7. The molecule has 2 aromatic heterocycles. The van der Waals surface area contributed by atoms with Crippen LogP contribution in [0.25, 0.3) is 108 Å². The molecule has 0 spiro atoms. The third-order valence-electron chi connectivity index (χ3n) is 13.0. The number of para-hydroxylation sites is 1. The molecule has 0 aliphatic heterocycles. The largest absolute Gasteiger partial charge is 0.453 e. The molecule has 0 aliphatic rings. The van der Waals surface area contributed by atoms with E-state index in [0.29, 0.717) is 0 Å². The van der Waals surface area contributed by atoms with E-state index in [9.17, 15) is 0 Å². The first-order valence-corrected chi connectivity index (χ1v) is 23.0. The van der Waals surface area contributed by atoms with Gasteiger partial charge in [-0.25, -0.2) is 0 Å². The van der Waals surface area contributed by atoms with Crippen molar-refractivity contribution in [2.75, 3.05) is 4.90 Å². The van der Waals surface area contributed by atoms with Crippen LogP contribution in [-0.2, 0) is 0 Å². The predicted octanol–water partition coefficient (Wildman–Crippen LogP) is 18.4. The average Bonchev–Trinajstić information content (AvgIpc) is 3.98. The molecule has 0 saturated carbocycles. The molecule has 0 aliphatic carbocycles. The second-order valence-corrected chi connectivity index (χ2v) is 17.8. The molecule has 13 rings (SSSR count). The summed E-state index contributed by atoms with van der Waals surface area (Å²) in [5.41, 5.74) is 14.3. The SMILES string of the molecule is c1ccc(-c2ccc(N(c3ccc(-c4cccc5c4sc4c(-c6ccccc6)cc6ccccc6c45)cc3)c3cccc4c3oc3c(-c5ccccc5)cc5ccccc5c34)cc2)cc1. The topological polar surface area (TPSA) is 16.4 Å². The Bertz CT molecular complexity index is 3910. The maximum absolute atomic E-state index is 7.20. The van der Waals surface area contributed by atoms with Gasteiger partial charge in [-0.05, 0) is 97.4 Å². The van der Waals surface area contributed by atoms with E-state index in [4.69, 9.17) is 4.42 Å². The monoisotopic (exact) mass is 845 g/mol. The first kappa shape index (κ1) is 37.3. The Kier molecular flexibility index (Phi) is 8.75. The van der Waals surface area contributed by atoms with E-state index in [0.717, 1.165) is 50.1 Å². The Morgan fingerprint density at radius 2 is 0.785 bits per heavy atom. The van der Waals surface area contributed by atoms with Gasteiger partial charge in [-0.2, -0.15) is 0 Å². The first-order chi connectivity index (χ1) is 32.2. The summed E-state index contributed by atoms with van der Waals surface area (Å²) < 4.78 is 9.81. The van der Waals surface area contributed by atoms with Crippen molar-refractivity contribution in [1.82, 2.24) is 0 Å². The highest BCUT2D eigenvalue weighted by molar-refractivity contribution is 7.27. The van der Waals surface area contributed by atoms with Crippen molar-refractivity contribution < 1.29 is 4.42 Å². The summed E-state index contributed by atoms with van der Waals surface area (Å²) in [6, 6.07) is 85.5. The Labute approximate surface area is 380 Å². The second kappa shape index (κ2) is 15.2. The van der Waals surface area contributed by atoms with Crippen LogP contribution in [0.4, 0.5) is 17.1 Å². The number of hydrogen-bond donors (Lipinski definition) is 0. The number of nitrogens with zero attached hydrogens (tertiary/aromatic N) is 1. The molecule has 0 atom stereocenters. The maximum atomic E-state index is 7.20. The number of rotatable bonds is 7. The standard InChI is InChI=1S/C62H39NOS/c1-4-16-40(17-5-1)41-30-34-47(35-31-41)63(56-29-15-27-52-57-49-24-12-10-22-45(49)38-54(60(57)64-59(52)56)42-18-6-2-7-19-42)48-36-32-44(33-37-48)51-26-14-28-53-58-50-25-13-11-23-46(50)39-55(62(58)65-61(51)53)43-20-8-3-9-21-43/h1-39H. The van der Waals surface area contributed by atoms with E-state index >= 15 is 0 Å². The van der Waals surface area contributed by atoms with Crippen LogP contribution < -0.4 is 4.90 Å². The van der Waals surface area contributed by atoms with E-state index in [1.165, 1.54) is 75.1 Å². The van der Waals surface area contributed by atoms with Gasteiger partial charge in [-0.1, -0.05) is 194 Å². The molecular formula is C62H39NOS. The Hall–Kier alpha value is -8.24. The average molecular weight is 846 g/mol. The van der Waals surface area contributed by atoms with E-state index in [1.54, 1.807) is 0 Å². The summed E-state index contributed by atoms with van der Waals surface area (Å²) in [6.45, 7) is 0. The molecule has 0 N–H and O–H groups in total. The van der Waals surface area contributed by atoms with Crippen molar-refractivity contribution in [3.63, 3.8) is 0 Å². The number of anilines is 3. The van der Waals surface area contributed by atoms with Crippen LogP contribution in [0.2, 0.25) is 0 Å². The molecule has 3 heteroatoms. The summed E-state index contributed by atoms with van der Waals surface area (Å²) in [7, 11) is 0. The number of hydrogen-bond acceptors (Lipinski definition) is 3. The van der Waals surface area contributed by atoms with E-state index in [1.807, 2.05) is 11.3 Å². The zero-order valence-corrected chi connectivity index (χ0v) is 36.1. The fraction of sp³-hybridized carbons (Fsp3) is 0. The summed E-state index contributed by atoms with van der Waals surface area (Å²) in [5, 5.41) is 9.76. The molecule has 304 valence electrons. The van der Waals surface area contributed by atoms with Crippen LogP contribution >= 0.6 is 11.3 Å². The van der Waals surface area contributed by atoms with Gasteiger partial charge in [0.25, 0.3) is 0 Å². The highest BCUT2D eigenvalue weighted by Gasteiger charge is 2.23. The zero-order valence-electron chi connectivity index (χ0n) is 35.3. The van der Waals surface area contributed by atoms with Crippen LogP contribution in [0, 0.1) is 0 Å². The predicted molar refractivity (Wildman–Crippen MR) is 278 cm³/mol. The Balaban J connectivity index is 1.000. The molecule has 0 bridgehead atoms. The smallest absolute Gasteiger partial charge is 0.159 e. The minimum Gasteiger partial charge on any atom is -0.453 e. The molecule has 13 aromatic rings. The lowest BCUT2D eigenvalue weighted by Gasteiger charge is -2.26. The van der Waals surface area contributed by atoms with Crippen molar-refractivity contribution in [3.8, 4) is 44.5 Å². The molecule has 2 nitrogen and oxygen atoms in total. The highest BCUT2D eigenvalue weighted by atomic mass is 32.1. The van der Waals surface area contributed by atoms with Crippen molar-refractivity contribution in [2.24, 2.45) is 0 Å². The zero-order chi connectivity index (χ0) is 42.8. The second-order valence-electron chi connectivity index (χ2n) is 16.8. The van der Waals surface area contributed by atoms with Gasteiger partial charge in [0.2, 0.25) is 0 Å². The summed E-state index contributed by atoms with van der Waals surface area (Å²) in [5.74, 6) is 0. The van der Waals surface area contributed by atoms with Crippen molar-refractivity contribution in [3.05, 3.63) is 237 Å². The minimum absolute atomic E-state index is 0.851. The van der Waals surface area contributed by atoms with Crippen LogP contribution in [0.1, 0.15) is 0 Å². The number of benzene rings is 11. The van der Waals surface area contributed by atoms with Crippen molar-refractivity contribution >= 4 is 92.1 Å². The van der Waals surface area contributed by atoms with Crippen LogP contribution in [0.5, 0.6) is 0 Å². The molecule has 0 unspecified atom stereocenters. The van der Waals surface area contributed by atoms with Crippen LogP contribution in [0.15, 0.2) is 241 Å². The molecule has 0 amide bonds. The van der Waals surface area contributed by atoms with Gasteiger partial charge in [0, 0.05) is 53.4 Å². The van der Waals surface area contributed by atoms with Gasteiger partial charge in [0.05, 0.1) is 5.69 Å². The van der Waals surface area contributed by atoms with Gasteiger partial charge in [-0.15, -0.1) is 11.3 Å². The highest BCUT2D eigenvalue weighted by Crippen LogP contribution is 2.49. The van der Waals surface area contributed by atoms with Crippen molar-refractivity contribution in [2.45, 2.75) is 0 Å².